The van der Waals surface area contributed by atoms with Gasteiger partial charge in [0, 0.05) is 20.1 Å². The number of amides is 2. The first-order valence-electron chi connectivity index (χ1n) is 8.88. The second-order valence-electron chi connectivity index (χ2n) is 6.27. The SMILES string of the molecule is CC(=O)NC1C(OCCCCCCNC(=O)CN)OC(CO)C(O)C1O. The van der Waals surface area contributed by atoms with Crippen molar-refractivity contribution in [2.75, 3.05) is 26.3 Å². The standard InChI is InChI=1S/C16H31N3O7/c1-10(21)19-13-15(24)14(23)11(9-20)26-16(13)25-7-5-3-2-4-6-18-12(22)8-17/h11,13-16,20,23-24H,2-9,17H2,1H3,(H,18,22)(H,19,21). The Hall–Kier alpha value is -1.30. The fourth-order valence-electron chi connectivity index (χ4n) is 2.69. The van der Waals surface area contributed by atoms with E-state index in [0.29, 0.717) is 13.2 Å². The van der Waals surface area contributed by atoms with Crippen molar-refractivity contribution in [1.82, 2.24) is 10.6 Å². The number of nitrogens with one attached hydrogen (secondary N) is 2. The van der Waals surface area contributed by atoms with Crippen LogP contribution in [0.5, 0.6) is 0 Å². The molecule has 0 aromatic rings. The summed E-state index contributed by atoms with van der Waals surface area (Å²) in [7, 11) is 0. The predicted molar refractivity (Wildman–Crippen MR) is 91.8 cm³/mol. The molecule has 26 heavy (non-hydrogen) atoms. The maximum atomic E-state index is 11.3. The minimum Gasteiger partial charge on any atom is -0.394 e. The average molecular weight is 377 g/mol. The topological polar surface area (TPSA) is 163 Å². The van der Waals surface area contributed by atoms with Crippen molar-refractivity contribution in [3.05, 3.63) is 0 Å². The Morgan fingerprint density at radius 2 is 1.85 bits per heavy atom. The Kier molecular flexibility index (Phi) is 10.6. The fourth-order valence-corrected chi connectivity index (χ4v) is 2.69. The molecule has 0 saturated carbocycles. The van der Waals surface area contributed by atoms with Crippen molar-refractivity contribution < 1.29 is 34.4 Å². The average Bonchev–Trinajstić information content (AvgIpc) is 2.62. The van der Waals surface area contributed by atoms with Gasteiger partial charge in [-0.15, -0.1) is 0 Å². The van der Waals surface area contributed by atoms with E-state index in [1.807, 2.05) is 0 Å². The van der Waals surface area contributed by atoms with Gasteiger partial charge in [0.25, 0.3) is 0 Å². The fraction of sp³-hybridized carbons (Fsp3) is 0.875. The quantitative estimate of drug-likeness (QED) is 0.217. The van der Waals surface area contributed by atoms with Gasteiger partial charge in [0.1, 0.15) is 24.4 Å². The Morgan fingerprint density at radius 1 is 1.15 bits per heavy atom. The van der Waals surface area contributed by atoms with Gasteiger partial charge in [-0.3, -0.25) is 9.59 Å². The van der Waals surface area contributed by atoms with E-state index in [1.165, 1.54) is 6.92 Å². The van der Waals surface area contributed by atoms with Gasteiger partial charge in [-0.1, -0.05) is 12.8 Å². The Labute approximate surface area is 153 Å². The maximum Gasteiger partial charge on any atom is 0.233 e. The van der Waals surface area contributed by atoms with Gasteiger partial charge in [0.15, 0.2) is 6.29 Å². The molecule has 1 saturated heterocycles. The predicted octanol–water partition coefficient (Wildman–Crippen LogP) is -2.42. The van der Waals surface area contributed by atoms with E-state index in [4.69, 9.17) is 15.2 Å². The third-order valence-electron chi connectivity index (χ3n) is 4.11. The molecule has 10 heteroatoms. The summed E-state index contributed by atoms with van der Waals surface area (Å²) in [5, 5.41) is 34.5. The number of aliphatic hydroxyl groups is 3. The van der Waals surface area contributed by atoms with Gasteiger partial charge < -0.3 is 41.2 Å². The molecule has 0 bridgehead atoms. The number of aliphatic hydroxyl groups excluding tert-OH is 3. The molecule has 7 N–H and O–H groups in total. The molecular weight excluding hydrogens is 346 g/mol. The van der Waals surface area contributed by atoms with Crippen LogP contribution in [0.15, 0.2) is 0 Å². The molecule has 0 aromatic heterocycles. The van der Waals surface area contributed by atoms with Crippen molar-refractivity contribution in [2.45, 2.75) is 63.3 Å². The first kappa shape index (κ1) is 22.7. The van der Waals surface area contributed by atoms with Gasteiger partial charge in [-0.25, -0.2) is 0 Å². The third kappa shape index (κ3) is 7.52. The highest BCUT2D eigenvalue weighted by molar-refractivity contribution is 5.77. The van der Waals surface area contributed by atoms with Gasteiger partial charge in [0.2, 0.25) is 11.8 Å². The number of hydrogen-bond donors (Lipinski definition) is 6. The molecule has 5 atom stereocenters. The normalized spacial score (nSPS) is 28.6. The van der Waals surface area contributed by atoms with Gasteiger partial charge in [-0.2, -0.15) is 0 Å². The van der Waals surface area contributed by atoms with E-state index in [0.717, 1.165) is 25.7 Å². The van der Waals surface area contributed by atoms with Crippen molar-refractivity contribution in [3.63, 3.8) is 0 Å². The number of carbonyl (C=O) groups is 2. The van der Waals surface area contributed by atoms with E-state index in [1.54, 1.807) is 0 Å². The van der Waals surface area contributed by atoms with Crippen molar-refractivity contribution in [2.24, 2.45) is 5.73 Å². The van der Waals surface area contributed by atoms with Gasteiger partial charge in [-0.05, 0) is 12.8 Å². The van der Waals surface area contributed by atoms with Gasteiger partial charge >= 0.3 is 0 Å². The van der Waals surface area contributed by atoms with Crippen LogP contribution in [0, 0.1) is 0 Å². The summed E-state index contributed by atoms with van der Waals surface area (Å²) >= 11 is 0. The van der Waals surface area contributed by atoms with Crippen LogP contribution in [0.2, 0.25) is 0 Å². The summed E-state index contributed by atoms with van der Waals surface area (Å²) in [6.07, 6.45) is -1.25. The minimum atomic E-state index is -1.32. The summed E-state index contributed by atoms with van der Waals surface area (Å²) in [6, 6.07) is -0.920. The van der Waals surface area contributed by atoms with Crippen molar-refractivity contribution >= 4 is 11.8 Å². The summed E-state index contributed by atoms with van der Waals surface area (Å²) in [5.74, 6) is -0.564. The van der Waals surface area contributed by atoms with Crippen molar-refractivity contribution in [1.29, 1.82) is 0 Å². The molecule has 0 radical (unpaired) electrons. The van der Waals surface area contributed by atoms with Crippen molar-refractivity contribution in [3.8, 4) is 0 Å². The Balaban J connectivity index is 2.33. The number of carbonyl (C=O) groups excluding carboxylic acids is 2. The molecule has 1 fully saturated rings. The van der Waals surface area contributed by atoms with Gasteiger partial charge in [0.05, 0.1) is 13.2 Å². The molecule has 0 spiro atoms. The number of unbranched alkanes of at least 4 members (excludes halogenated alkanes) is 3. The first-order valence-corrected chi connectivity index (χ1v) is 8.88. The Bertz CT molecular complexity index is 438. The number of nitrogens with two attached hydrogens (primary N) is 1. The molecular formula is C16H31N3O7. The molecule has 152 valence electrons. The summed E-state index contributed by atoms with van der Waals surface area (Å²) < 4.78 is 11.1. The lowest BCUT2D eigenvalue weighted by molar-refractivity contribution is -0.270. The molecule has 1 rings (SSSR count). The monoisotopic (exact) mass is 377 g/mol. The second-order valence-corrected chi connectivity index (χ2v) is 6.27. The molecule has 1 heterocycles. The highest BCUT2D eigenvalue weighted by atomic mass is 16.7. The van der Waals surface area contributed by atoms with E-state index >= 15 is 0 Å². The minimum absolute atomic E-state index is 0.0138. The van der Waals surface area contributed by atoms with E-state index in [-0.39, 0.29) is 18.4 Å². The molecule has 5 unspecified atom stereocenters. The highest BCUT2D eigenvalue weighted by Gasteiger charge is 2.45. The largest absolute Gasteiger partial charge is 0.394 e. The smallest absolute Gasteiger partial charge is 0.233 e. The summed E-state index contributed by atoms with van der Waals surface area (Å²) in [5.41, 5.74) is 5.19. The lowest BCUT2D eigenvalue weighted by Gasteiger charge is -2.42. The van der Waals surface area contributed by atoms with Crippen LogP contribution in [-0.4, -0.2) is 84.1 Å². The first-order chi connectivity index (χ1) is 12.4. The van der Waals surface area contributed by atoms with E-state index < -0.39 is 37.3 Å². The maximum absolute atomic E-state index is 11.3. The van der Waals surface area contributed by atoms with Crippen LogP contribution < -0.4 is 16.4 Å². The van der Waals surface area contributed by atoms with Crippen LogP contribution in [0.25, 0.3) is 0 Å². The lowest BCUT2D eigenvalue weighted by atomic mass is 9.97. The summed E-state index contributed by atoms with van der Waals surface area (Å²) in [4.78, 5) is 22.3. The zero-order valence-electron chi connectivity index (χ0n) is 15.1. The lowest BCUT2D eigenvalue weighted by Crippen LogP contribution is -2.64. The summed E-state index contributed by atoms with van der Waals surface area (Å²) in [6.45, 7) is 1.71. The number of ether oxygens (including phenoxy) is 2. The van der Waals surface area contributed by atoms with E-state index in [2.05, 4.69) is 10.6 Å². The Morgan fingerprint density at radius 3 is 2.46 bits per heavy atom. The number of hydrogen-bond acceptors (Lipinski definition) is 8. The highest BCUT2D eigenvalue weighted by Crippen LogP contribution is 2.22. The molecule has 1 aliphatic rings. The molecule has 1 aliphatic heterocycles. The van der Waals surface area contributed by atoms with Crippen LogP contribution in [0.3, 0.4) is 0 Å². The molecule has 0 aromatic carbocycles. The third-order valence-corrected chi connectivity index (χ3v) is 4.11. The van der Waals surface area contributed by atoms with Crippen LogP contribution in [0.1, 0.15) is 32.6 Å². The van der Waals surface area contributed by atoms with Crippen LogP contribution >= 0.6 is 0 Å². The molecule has 2 amide bonds. The van der Waals surface area contributed by atoms with Crippen LogP contribution in [0.4, 0.5) is 0 Å². The zero-order chi connectivity index (χ0) is 19.5. The molecule has 0 aliphatic carbocycles. The number of rotatable bonds is 11. The molecule has 10 nitrogen and oxygen atoms in total. The van der Waals surface area contributed by atoms with E-state index in [9.17, 15) is 24.9 Å². The zero-order valence-corrected chi connectivity index (χ0v) is 15.1. The second kappa shape index (κ2) is 12.2. The van der Waals surface area contributed by atoms with Crippen LogP contribution in [-0.2, 0) is 19.1 Å².